The molecule has 1 atom stereocenters. The SMILES string of the molecule is CC(=N)[C@@H](C#N)C(=O)CSc1nnc(COc2cccc(C)c2)o1. The van der Waals surface area contributed by atoms with E-state index in [4.69, 9.17) is 19.8 Å². The zero-order valence-corrected chi connectivity index (χ0v) is 14.1. The maximum Gasteiger partial charge on any atom is 0.277 e. The van der Waals surface area contributed by atoms with E-state index in [2.05, 4.69) is 10.2 Å². The van der Waals surface area contributed by atoms with E-state index in [9.17, 15) is 4.79 Å². The second-order valence-electron chi connectivity index (χ2n) is 5.07. The summed E-state index contributed by atoms with van der Waals surface area (Å²) >= 11 is 1.04. The Balaban J connectivity index is 1.86. The molecular formula is C16H16N4O3S. The van der Waals surface area contributed by atoms with Crippen LogP contribution in [0.1, 0.15) is 18.4 Å². The molecule has 1 heterocycles. The van der Waals surface area contributed by atoms with Crippen LogP contribution in [-0.2, 0) is 11.4 Å². The number of carbonyl (C=O) groups excluding carboxylic acids is 1. The average Bonchev–Trinajstić information content (AvgIpc) is 2.99. The first-order chi connectivity index (χ1) is 11.5. The second kappa shape index (κ2) is 8.26. The van der Waals surface area contributed by atoms with Crippen LogP contribution in [0, 0.1) is 29.6 Å². The van der Waals surface area contributed by atoms with Gasteiger partial charge >= 0.3 is 0 Å². The van der Waals surface area contributed by atoms with Gasteiger partial charge in [0.05, 0.1) is 11.8 Å². The van der Waals surface area contributed by atoms with Crippen LogP contribution in [0.5, 0.6) is 5.75 Å². The number of nitrogens with one attached hydrogen (secondary N) is 1. The number of carbonyl (C=O) groups is 1. The highest BCUT2D eigenvalue weighted by Crippen LogP contribution is 2.19. The second-order valence-corrected chi connectivity index (χ2v) is 5.99. The van der Waals surface area contributed by atoms with Crippen LogP contribution >= 0.6 is 11.8 Å². The smallest absolute Gasteiger partial charge is 0.277 e. The van der Waals surface area contributed by atoms with E-state index < -0.39 is 5.92 Å². The van der Waals surface area contributed by atoms with Gasteiger partial charge in [0.1, 0.15) is 11.7 Å². The van der Waals surface area contributed by atoms with Gasteiger partial charge in [-0.25, -0.2) is 0 Å². The van der Waals surface area contributed by atoms with Gasteiger partial charge < -0.3 is 14.6 Å². The maximum absolute atomic E-state index is 11.8. The van der Waals surface area contributed by atoms with Crippen LogP contribution in [-0.4, -0.2) is 27.4 Å². The van der Waals surface area contributed by atoms with Crippen molar-refractivity contribution < 1.29 is 13.9 Å². The van der Waals surface area contributed by atoms with Crippen molar-refractivity contribution in [3.8, 4) is 11.8 Å². The molecule has 2 aromatic rings. The number of thioether (sulfide) groups is 1. The fourth-order valence-corrected chi connectivity index (χ4v) is 2.52. The first kappa shape index (κ1) is 17.7. The van der Waals surface area contributed by atoms with E-state index in [0.717, 1.165) is 17.3 Å². The summed E-state index contributed by atoms with van der Waals surface area (Å²) in [6.45, 7) is 3.53. The molecular weight excluding hydrogens is 328 g/mol. The van der Waals surface area contributed by atoms with Gasteiger partial charge in [0.15, 0.2) is 12.4 Å². The summed E-state index contributed by atoms with van der Waals surface area (Å²) in [5.74, 6) is -0.382. The number of benzene rings is 1. The normalized spacial score (nSPS) is 11.5. The van der Waals surface area contributed by atoms with Crippen molar-refractivity contribution in [3.05, 3.63) is 35.7 Å². The van der Waals surface area contributed by atoms with Gasteiger partial charge in [0.25, 0.3) is 11.1 Å². The van der Waals surface area contributed by atoms with Gasteiger partial charge in [-0.15, -0.1) is 10.2 Å². The molecule has 1 aromatic carbocycles. The summed E-state index contributed by atoms with van der Waals surface area (Å²) < 4.78 is 10.9. The summed E-state index contributed by atoms with van der Waals surface area (Å²) in [6, 6.07) is 9.40. The monoisotopic (exact) mass is 344 g/mol. The van der Waals surface area contributed by atoms with Gasteiger partial charge in [-0.05, 0) is 31.5 Å². The molecule has 0 fully saturated rings. The highest BCUT2D eigenvalue weighted by atomic mass is 32.2. The van der Waals surface area contributed by atoms with E-state index in [1.165, 1.54) is 6.92 Å². The van der Waals surface area contributed by atoms with E-state index in [-0.39, 0.29) is 29.1 Å². The summed E-state index contributed by atoms with van der Waals surface area (Å²) in [5.41, 5.74) is 1.11. The molecule has 8 heteroatoms. The Hall–Kier alpha value is -2.66. The lowest BCUT2D eigenvalue weighted by Crippen LogP contribution is -2.21. The predicted octanol–water partition coefficient (Wildman–Crippen LogP) is 2.80. The number of hydrogen-bond donors (Lipinski definition) is 1. The zero-order chi connectivity index (χ0) is 17.5. The van der Waals surface area contributed by atoms with Gasteiger partial charge in [-0.2, -0.15) is 5.26 Å². The van der Waals surface area contributed by atoms with E-state index >= 15 is 0 Å². The van der Waals surface area contributed by atoms with Gasteiger partial charge in [-0.3, -0.25) is 4.79 Å². The molecule has 1 N–H and O–H groups in total. The fraction of sp³-hybridized carbons (Fsp3) is 0.312. The lowest BCUT2D eigenvalue weighted by Gasteiger charge is -2.04. The third-order valence-corrected chi connectivity index (χ3v) is 3.86. The van der Waals surface area contributed by atoms with Gasteiger partial charge in [0, 0.05) is 5.71 Å². The number of ketones is 1. The highest BCUT2D eigenvalue weighted by molar-refractivity contribution is 7.99. The minimum atomic E-state index is -1.02. The van der Waals surface area contributed by atoms with Gasteiger partial charge in [0.2, 0.25) is 0 Å². The van der Waals surface area contributed by atoms with Crippen LogP contribution in [0.4, 0.5) is 0 Å². The van der Waals surface area contributed by atoms with Crippen molar-refractivity contribution in [3.63, 3.8) is 0 Å². The third-order valence-electron chi connectivity index (χ3n) is 3.02. The Kier molecular flexibility index (Phi) is 6.09. The number of nitrogens with zero attached hydrogens (tertiary/aromatic N) is 3. The quantitative estimate of drug-likeness (QED) is 0.578. The number of hydrogen-bond acceptors (Lipinski definition) is 8. The van der Waals surface area contributed by atoms with Gasteiger partial charge in [-0.1, -0.05) is 23.9 Å². The molecule has 7 nitrogen and oxygen atoms in total. The van der Waals surface area contributed by atoms with Crippen molar-refractivity contribution in [2.75, 3.05) is 5.75 Å². The maximum atomic E-state index is 11.8. The minimum absolute atomic E-state index is 0.00514. The molecule has 1 aromatic heterocycles. The summed E-state index contributed by atoms with van der Waals surface area (Å²) in [7, 11) is 0. The molecule has 0 bridgehead atoms. The Morgan fingerprint density at radius 3 is 2.96 bits per heavy atom. The molecule has 0 unspecified atom stereocenters. The number of aromatic nitrogens is 2. The molecule has 0 saturated heterocycles. The average molecular weight is 344 g/mol. The van der Waals surface area contributed by atoms with Crippen molar-refractivity contribution in [2.24, 2.45) is 5.92 Å². The minimum Gasteiger partial charge on any atom is -0.484 e. The lowest BCUT2D eigenvalue weighted by molar-refractivity contribution is -0.117. The Bertz CT molecular complexity index is 782. The molecule has 0 aliphatic carbocycles. The molecule has 0 saturated carbocycles. The number of rotatable bonds is 8. The summed E-state index contributed by atoms with van der Waals surface area (Å²) in [5, 5.41) is 24.2. The number of ether oxygens (including phenoxy) is 1. The lowest BCUT2D eigenvalue weighted by atomic mass is 10.0. The molecule has 124 valence electrons. The Labute approximate surface area is 143 Å². The third kappa shape index (κ3) is 4.93. The first-order valence-electron chi connectivity index (χ1n) is 7.11. The summed E-state index contributed by atoms with van der Waals surface area (Å²) in [6.07, 6.45) is 0. The van der Waals surface area contributed by atoms with Crippen molar-refractivity contribution in [2.45, 2.75) is 25.7 Å². The van der Waals surface area contributed by atoms with Crippen molar-refractivity contribution in [1.82, 2.24) is 10.2 Å². The first-order valence-corrected chi connectivity index (χ1v) is 8.10. The van der Waals surface area contributed by atoms with Crippen LogP contribution in [0.15, 0.2) is 33.9 Å². The molecule has 2 rings (SSSR count). The standard InChI is InChI=1S/C16H16N4O3S/c1-10-4-3-5-12(6-10)22-8-15-19-20-16(23-15)24-9-14(21)13(7-17)11(2)18/h3-6,13,18H,8-9H2,1-2H3/t13-/m1/s1. The van der Waals surface area contributed by atoms with Crippen LogP contribution < -0.4 is 4.74 Å². The number of nitriles is 1. The Morgan fingerprint density at radius 2 is 2.29 bits per heavy atom. The van der Waals surface area contributed by atoms with Crippen LogP contribution in [0.3, 0.4) is 0 Å². The van der Waals surface area contributed by atoms with E-state index in [1.807, 2.05) is 37.3 Å². The zero-order valence-electron chi connectivity index (χ0n) is 13.3. The molecule has 0 aliphatic heterocycles. The number of aryl methyl sites for hydroxylation is 1. The molecule has 0 spiro atoms. The van der Waals surface area contributed by atoms with E-state index in [1.54, 1.807) is 0 Å². The largest absolute Gasteiger partial charge is 0.484 e. The van der Waals surface area contributed by atoms with Crippen LogP contribution in [0.25, 0.3) is 0 Å². The topological polar surface area (TPSA) is 113 Å². The summed E-state index contributed by atoms with van der Waals surface area (Å²) in [4.78, 5) is 11.8. The Morgan fingerprint density at radius 1 is 1.50 bits per heavy atom. The molecule has 0 radical (unpaired) electrons. The molecule has 0 amide bonds. The number of Topliss-reactive ketones (excluding diaryl/α,β-unsaturated/α-hetero) is 1. The molecule has 24 heavy (non-hydrogen) atoms. The van der Waals surface area contributed by atoms with E-state index in [0.29, 0.717) is 11.6 Å². The molecule has 0 aliphatic rings. The fourth-order valence-electron chi connectivity index (χ4n) is 1.83. The van der Waals surface area contributed by atoms with Crippen LogP contribution in [0.2, 0.25) is 0 Å². The van der Waals surface area contributed by atoms with Crippen molar-refractivity contribution >= 4 is 23.3 Å². The highest BCUT2D eigenvalue weighted by Gasteiger charge is 2.21. The predicted molar refractivity (Wildman–Crippen MR) is 88.0 cm³/mol. The van der Waals surface area contributed by atoms with Crippen molar-refractivity contribution in [1.29, 1.82) is 10.7 Å².